The normalized spacial score (nSPS) is 21.5. The van der Waals surface area contributed by atoms with Crippen molar-refractivity contribution in [3.05, 3.63) is 11.9 Å². The summed E-state index contributed by atoms with van der Waals surface area (Å²) in [5, 5.41) is 8.88. The average molecular weight is 347 g/mol. The van der Waals surface area contributed by atoms with E-state index in [9.17, 15) is 4.79 Å². The fraction of sp³-hybridized carbons (Fsp3) is 0.706. The number of hydrogen-bond donors (Lipinski definition) is 1. The van der Waals surface area contributed by atoms with Crippen LogP contribution >= 0.6 is 11.3 Å². The minimum absolute atomic E-state index is 0.0538. The van der Waals surface area contributed by atoms with Gasteiger partial charge in [-0.25, -0.2) is 9.50 Å². The monoisotopic (exact) mass is 347 g/mol. The number of hydrogen-bond acceptors (Lipinski definition) is 5. The Morgan fingerprint density at radius 3 is 2.67 bits per heavy atom. The maximum Gasteiger partial charge on any atom is 0.217 e. The summed E-state index contributed by atoms with van der Waals surface area (Å²) in [6.07, 6.45) is 9.21. The maximum atomic E-state index is 11.3. The Kier molecular flexibility index (Phi) is 3.98. The first-order valence-electron chi connectivity index (χ1n) is 8.92. The molecule has 1 aliphatic heterocycles. The van der Waals surface area contributed by atoms with E-state index in [0.717, 1.165) is 36.0 Å². The summed E-state index contributed by atoms with van der Waals surface area (Å²) in [6.45, 7) is 5.57. The van der Waals surface area contributed by atoms with Crippen molar-refractivity contribution in [2.24, 2.45) is 0 Å². The van der Waals surface area contributed by atoms with Gasteiger partial charge in [0.25, 0.3) is 0 Å². The van der Waals surface area contributed by atoms with Crippen molar-refractivity contribution >= 4 is 27.3 Å². The molecule has 24 heavy (non-hydrogen) atoms. The minimum Gasteiger partial charge on any atom is -0.351 e. The molecule has 0 radical (unpaired) electrons. The zero-order valence-corrected chi connectivity index (χ0v) is 15.2. The van der Waals surface area contributed by atoms with E-state index < -0.39 is 0 Å². The van der Waals surface area contributed by atoms with E-state index in [1.54, 1.807) is 18.3 Å². The van der Waals surface area contributed by atoms with Crippen LogP contribution in [-0.4, -0.2) is 39.1 Å². The summed E-state index contributed by atoms with van der Waals surface area (Å²) >= 11 is 1.68. The summed E-state index contributed by atoms with van der Waals surface area (Å²) in [4.78, 5) is 19.5. The third-order valence-electron chi connectivity index (χ3n) is 5.44. The number of imidazole rings is 1. The molecule has 6 nitrogen and oxygen atoms in total. The Morgan fingerprint density at radius 2 is 2.04 bits per heavy atom. The first-order chi connectivity index (χ1) is 11.5. The summed E-state index contributed by atoms with van der Waals surface area (Å²) in [6, 6.07) is 0. The highest BCUT2D eigenvalue weighted by molar-refractivity contribution is 7.20. The number of aromatic nitrogens is 3. The van der Waals surface area contributed by atoms with Crippen molar-refractivity contribution in [3.8, 4) is 0 Å². The topological polar surface area (TPSA) is 62.5 Å². The van der Waals surface area contributed by atoms with Gasteiger partial charge in [0, 0.05) is 31.5 Å². The van der Waals surface area contributed by atoms with E-state index >= 15 is 0 Å². The quantitative estimate of drug-likeness (QED) is 0.927. The lowest BCUT2D eigenvalue weighted by Crippen LogP contribution is -2.52. The Balaban J connectivity index is 1.45. The van der Waals surface area contributed by atoms with Gasteiger partial charge in [-0.1, -0.05) is 24.2 Å². The molecule has 3 heterocycles. The third-order valence-corrected chi connectivity index (χ3v) is 6.42. The highest BCUT2D eigenvalue weighted by atomic mass is 32.1. The number of anilines is 1. The van der Waals surface area contributed by atoms with Crippen molar-refractivity contribution in [1.82, 2.24) is 19.9 Å². The summed E-state index contributed by atoms with van der Waals surface area (Å²) < 4.78 is 1.95. The van der Waals surface area contributed by atoms with Crippen molar-refractivity contribution in [3.63, 3.8) is 0 Å². The SMILES string of the molecule is CC(=O)NC1(C)CCN(c2nn3cc(C4CCCC4)nc3s2)CC1. The number of nitrogens with zero attached hydrogens (tertiary/aromatic N) is 4. The summed E-state index contributed by atoms with van der Waals surface area (Å²) in [5.41, 5.74) is 1.13. The third kappa shape index (κ3) is 3.01. The van der Waals surface area contributed by atoms with Gasteiger partial charge in [0.2, 0.25) is 16.0 Å². The van der Waals surface area contributed by atoms with Gasteiger partial charge in [-0.05, 0) is 32.6 Å². The molecule has 1 amide bonds. The van der Waals surface area contributed by atoms with Crippen molar-refractivity contribution in [2.75, 3.05) is 18.0 Å². The van der Waals surface area contributed by atoms with Crippen molar-refractivity contribution in [1.29, 1.82) is 0 Å². The van der Waals surface area contributed by atoms with Crippen LogP contribution in [0.15, 0.2) is 6.20 Å². The van der Waals surface area contributed by atoms with Gasteiger partial charge in [0.1, 0.15) is 0 Å². The fourth-order valence-electron chi connectivity index (χ4n) is 3.99. The van der Waals surface area contributed by atoms with Crippen LogP contribution in [0.25, 0.3) is 4.96 Å². The van der Waals surface area contributed by atoms with Gasteiger partial charge in [-0.3, -0.25) is 4.79 Å². The number of nitrogens with one attached hydrogen (secondary N) is 1. The number of carbonyl (C=O) groups excluding carboxylic acids is 1. The zero-order chi connectivity index (χ0) is 16.7. The van der Waals surface area contributed by atoms with E-state index in [1.165, 1.54) is 31.4 Å². The van der Waals surface area contributed by atoms with E-state index in [-0.39, 0.29) is 11.4 Å². The second kappa shape index (κ2) is 6.02. The second-order valence-electron chi connectivity index (χ2n) is 7.49. The molecule has 2 aliphatic rings. The van der Waals surface area contributed by atoms with Gasteiger partial charge in [0.05, 0.1) is 11.9 Å². The largest absolute Gasteiger partial charge is 0.351 e. The molecule has 1 N–H and O–H groups in total. The number of piperidine rings is 1. The molecule has 0 unspecified atom stereocenters. The van der Waals surface area contributed by atoms with E-state index in [2.05, 4.69) is 23.3 Å². The predicted octanol–water partition coefficient (Wildman–Crippen LogP) is 2.94. The van der Waals surface area contributed by atoms with Crippen LogP contribution in [0.2, 0.25) is 0 Å². The maximum absolute atomic E-state index is 11.3. The number of amides is 1. The van der Waals surface area contributed by atoms with Crippen LogP contribution in [-0.2, 0) is 4.79 Å². The smallest absolute Gasteiger partial charge is 0.217 e. The molecule has 0 spiro atoms. The summed E-state index contributed by atoms with van der Waals surface area (Å²) in [7, 11) is 0. The van der Waals surface area contributed by atoms with Crippen molar-refractivity contribution < 1.29 is 4.79 Å². The van der Waals surface area contributed by atoms with Crippen LogP contribution in [0, 0.1) is 0 Å². The molecule has 4 rings (SSSR count). The Labute approximate surface area is 146 Å². The first kappa shape index (κ1) is 15.9. The lowest BCUT2D eigenvalue weighted by Gasteiger charge is -2.39. The molecule has 2 fully saturated rings. The highest BCUT2D eigenvalue weighted by Crippen LogP contribution is 2.35. The Bertz CT molecular complexity index is 706. The number of carbonyl (C=O) groups is 1. The molecule has 1 saturated carbocycles. The minimum atomic E-state index is -0.0879. The Hall–Kier alpha value is -1.63. The molecule has 1 saturated heterocycles. The zero-order valence-electron chi connectivity index (χ0n) is 14.4. The first-order valence-corrected chi connectivity index (χ1v) is 9.74. The van der Waals surface area contributed by atoms with E-state index in [4.69, 9.17) is 10.1 Å². The molecule has 130 valence electrons. The van der Waals surface area contributed by atoms with Gasteiger partial charge in [0.15, 0.2) is 0 Å². The van der Waals surface area contributed by atoms with Gasteiger partial charge < -0.3 is 10.2 Å². The van der Waals surface area contributed by atoms with Crippen LogP contribution in [0.1, 0.15) is 64.0 Å². The molecular weight excluding hydrogens is 322 g/mol. The van der Waals surface area contributed by atoms with Crippen molar-refractivity contribution in [2.45, 2.75) is 63.8 Å². The molecule has 2 aromatic heterocycles. The highest BCUT2D eigenvalue weighted by Gasteiger charge is 2.32. The van der Waals surface area contributed by atoms with E-state index in [1.807, 2.05) is 4.52 Å². The van der Waals surface area contributed by atoms with Gasteiger partial charge >= 0.3 is 0 Å². The van der Waals surface area contributed by atoms with E-state index in [0.29, 0.717) is 5.92 Å². The molecule has 2 aromatic rings. The average Bonchev–Trinajstić information content (AvgIpc) is 3.22. The summed E-state index contributed by atoms with van der Waals surface area (Å²) in [5.74, 6) is 0.689. The molecule has 1 aliphatic carbocycles. The van der Waals surface area contributed by atoms with Crippen LogP contribution in [0.4, 0.5) is 5.13 Å². The molecular formula is C17H25N5OS. The second-order valence-corrected chi connectivity index (χ2v) is 8.42. The lowest BCUT2D eigenvalue weighted by atomic mass is 9.90. The van der Waals surface area contributed by atoms with Gasteiger partial charge in [-0.15, -0.1) is 5.10 Å². The van der Waals surface area contributed by atoms with Crippen LogP contribution < -0.4 is 10.2 Å². The molecule has 0 bridgehead atoms. The molecule has 0 atom stereocenters. The molecule has 7 heteroatoms. The number of rotatable bonds is 3. The van der Waals surface area contributed by atoms with Crippen LogP contribution in [0.3, 0.4) is 0 Å². The fourth-order valence-corrected chi connectivity index (χ4v) is 4.94. The molecule has 0 aromatic carbocycles. The Morgan fingerprint density at radius 1 is 1.33 bits per heavy atom. The standard InChI is InChI=1S/C17H25N5OS/c1-12(23)19-17(2)7-9-21(10-8-17)16-20-22-11-14(18-15(22)24-16)13-5-3-4-6-13/h11,13H,3-10H2,1-2H3,(H,19,23). The van der Waals surface area contributed by atoms with Gasteiger partial charge in [-0.2, -0.15) is 0 Å². The predicted molar refractivity (Wildman–Crippen MR) is 95.7 cm³/mol. The number of fused-ring (bicyclic) bond motifs is 1. The lowest BCUT2D eigenvalue weighted by molar-refractivity contribution is -0.120. The van der Waals surface area contributed by atoms with Crippen LogP contribution in [0.5, 0.6) is 0 Å².